The number of primary amides is 1. The number of rotatable bonds is 5. The summed E-state index contributed by atoms with van der Waals surface area (Å²) in [5.41, 5.74) is 4.76. The number of carboxylic acids is 1. The van der Waals surface area contributed by atoms with Crippen molar-refractivity contribution in [2.24, 2.45) is 11.7 Å². The second-order valence-corrected chi connectivity index (χ2v) is 5.63. The molecule has 2 amide bonds. The fourth-order valence-corrected chi connectivity index (χ4v) is 3.44. The summed E-state index contributed by atoms with van der Waals surface area (Å²) in [5, 5.41) is 22.1. The zero-order chi connectivity index (χ0) is 15.0. The maximum absolute atomic E-state index is 11.9. The second-order valence-electron chi connectivity index (χ2n) is 4.63. The molecule has 0 aliphatic carbocycles. The van der Waals surface area contributed by atoms with Crippen LogP contribution in [0.15, 0.2) is 22.1 Å². The first-order valence-electron chi connectivity index (χ1n) is 5.93. The standard InChI is InChI=1S/C12H14N2O5S.Na/c1-5(15)9-6-4-7(20-3-2-8(13)16)10(12(18)19)14(6)11(9)17;/h2-3,5-6,9,15H,4H2,1H3,(H2,13,16)(H,18,19);/q;+1/p-1/b3-2-;. The number of nitrogens with two attached hydrogens (primary N) is 1. The molecule has 2 aliphatic heterocycles. The second kappa shape index (κ2) is 6.97. The fraction of sp³-hybridized carbons (Fsp3) is 0.417. The zero-order valence-electron chi connectivity index (χ0n) is 11.6. The summed E-state index contributed by atoms with van der Waals surface area (Å²) in [4.78, 5) is 35.2. The number of carbonyl (C=O) groups excluding carboxylic acids is 3. The Balaban J connectivity index is 0.00000220. The van der Waals surface area contributed by atoms with Gasteiger partial charge in [-0.05, 0) is 12.3 Å². The van der Waals surface area contributed by atoms with E-state index >= 15 is 0 Å². The molecule has 21 heavy (non-hydrogen) atoms. The number of β-lactam (4-membered cyclic amide) rings is 1. The Kier molecular flexibility index (Phi) is 6.06. The van der Waals surface area contributed by atoms with Crippen molar-refractivity contribution < 1.29 is 54.2 Å². The molecule has 0 aromatic carbocycles. The number of carbonyl (C=O) groups is 3. The molecule has 0 aromatic heterocycles. The Hall–Kier alpha value is -0.800. The number of thioether (sulfide) groups is 1. The van der Waals surface area contributed by atoms with Gasteiger partial charge in [0, 0.05) is 17.4 Å². The molecule has 3 N–H and O–H groups in total. The van der Waals surface area contributed by atoms with Gasteiger partial charge in [0.2, 0.25) is 11.8 Å². The van der Waals surface area contributed by atoms with Crippen molar-refractivity contribution in [2.45, 2.75) is 25.5 Å². The van der Waals surface area contributed by atoms with Crippen LogP contribution in [0.3, 0.4) is 0 Å². The van der Waals surface area contributed by atoms with E-state index in [0.29, 0.717) is 11.3 Å². The van der Waals surface area contributed by atoms with Crippen LogP contribution >= 0.6 is 11.8 Å². The van der Waals surface area contributed by atoms with Gasteiger partial charge in [-0.3, -0.25) is 9.59 Å². The van der Waals surface area contributed by atoms with Gasteiger partial charge in [0.25, 0.3) is 0 Å². The molecule has 1 fully saturated rings. The normalized spacial score (nSPS) is 25.4. The molecule has 0 saturated carbocycles. The SMILES string of the molecule is CC(O)C1C(=O)N2C(C(=O)[O-])=C(S/C=C\C(N)=O)CC12.[Na+]. The van der Waals surface area contributed by atoms with E-state index in [4.69, 9.17) is 5.73 Å². The molecule has 0 aromatic rings. The number of aliphatic carboxylic acids is 1. The van der Waals surface area contributed by atoms with E-state index in [2.05, 4.69) is 0 Å². The first-order chi connectivity index (χ1) is 9.34. The summed E-state index contributed by atoms with van der Waals surface area (Å²) >= 11 is 1.01. The largest absolute Gasteiger partial charge is 1.00 e. The summed E-state index contributed by atoms with van der Waals surface area (Å²) in [6.07, 6.45) is 0.587. The van der Waals surface area contributed by atoms with Crippen molar-refractivity contribution >= 4 is 29.5 Å². The minimum Gasteiger partial charge on any atom is -0.543 e. The van der Waals surface area contributed by atoms with E-state index in [9.17, 15) is 24.6 Å². The van der Waals surface area contributed by atoms with Gasteiger partial charge in [-0.15, -0.1) is 11.8 Å². The fourth-order valence-electron chi connectivity index (χ4n) is 2.51. The van der Waals surface area contributed by atoms with E-state index in [1.165, 1.54) is 12.3 Å². The molecule has 3 unspecified atom stereocenters. The van der Waals surface area contributed by atoms with Crippen LogP contribution in [0.1, 0.15) is 13.3 Å². The molecule has 3 atom stereocenters. The number of hydrogen-bond donors (Lipinski definition) is 2. The first-order valence-corrected chi connectivity index (χ1v) is 6.80. The van der Waals surface area contributed by atoms with E-state index in [-0.39, 0.29) is 41.3 Å². The van der Waals surface area contributed by atoms with Crippen molar-refractivity contribution in [1.29, 1.82) is 0 Å². The number of amides is 2. The zero-order valence-corrected chi connectivity index (χ0v) is 14.4. The van der Waals surface area contributed by atoms with Crippen LogP contribution < -0.4 is 40.4 Å². The Labute approximate surface area is 147 Å². The monoisotopic (exact) mass is 320 g/mol. The van der Waals surface area contributed by atoms with Crippen LogP contribution in [0.2, 0.25) is 0 Å². The quantitative estimate of drug-likeness (QED) is 0.298. The van der Waals surface area contributed by atoms with Gasteiger partial charge in [-0.1, -0.05) is 0 Å². The summed E-state index contributed by atoms with van der Waals surface area (Å²) in [7, 11) is 0. The predicted molar refractivity (Wildman–Crippen MR) is 68.4 cm³/mol. The molecular formula is C12H13N2NaO5S. The molecule has 2 aliphatic rings. The van der Waals surface area contributed by atoms with Gasteiger partial charge in [0.1, 0.15) is 0 Å². The minimum atomic E-state index is -1.44. The molecule has 1 saturated heterocycles. The number of fused-ring (bicyclic) bond motifs is 1. The molecule has 0 radical (unpaired) electrons. The minimum absolute atomic E-state index is 0. The summed E-state index contributed by atoms with van der Waals surface area (Å²) < 4.78 is 0. The van der Waals surface area contributed by atoms with E-state index in [1.54, 1.807) is 0 Å². The molecule has 0 bridgehead atoms. The third-order valence-corrected chi connectivity index (χ3v) is 4.24. The van der Waals surface area contributed by atoms with Crippen molar-refractivity contribution in [2.75, 3.05) is 0 Å². The summed E-state index contributed by atoms with van der Waals surface area (Å²) in [5.74, 6) is -3.10. The van der Waals surface area contributed by atoms with Gasteiger partial charge in [-0.2, -0.15) is 0 Å². The molecule has 7 nitrogen and oxygen atoms in total. The maximum Gasteiger partial charge on any atom is 1.00 e. The topological polar surface area (TPSA) is 124 Å². The Bertz CT molecular complexity index is 546. The van der Waals surface area contributed by atoms with Crippen LogP contribution in [0, 0.1) is 5.92 Å². The number of nitrogens with zero attached hydrogens (tertiary/aromatic N) is 1. The van der Waals surface area contributed by atoms with E-state index in [1.807, 2.05) is 0 Å². The van der Waals surface area contributed by atoms with E-state index < -0.39 is 29.8 Å². The van der Waals surface area contributed by atoms with Crippen molar-refractivity contribution in [3.63, 3.8) is 0 Å². The number of carboxylic acid groups (broad SMARTS) is 1. The third kappa shape index (κ3) is 3.35. The Morgan fingerprint density at radius 1 is 1.57 bits per heavy atom. The van der Waals surface area contributed by atoms with Crippen LogP contribution in [-0.4, -0.2) is 39.9 Å². The Morgan fingerprint density at radius 3 is 2.67 bits per heavy atom. The number of hydrogen-bond acceptors (Lipinski definition) is 6. The van der Waals surface area contributed by atoms with Gasteiger partial charge < -0.3 is 25.6 Å². The summed E-state index contributed by atoms with van der Waals surface area (Å²) in [6.45, 7) is 1.50. The summed E-state index contributed by atoms with van der Waals surface area (Å²) in [6, 6.07) is -0.361. The van der Waals surface area contributed by atoms with Crippen molar-refractivity contribution in [3.05, 3.63) is 22.1 Å². The number of aliphatic hydroxyl groups excluding tert-OH is 1. The molecule has 9 heteroatoms. The molecular weight excluding hydrogens is 307 g/mol. The van der Waals surface area contributed by atoms with Crippen LogP contribution in [0.5, 0.6) is 0 Å². The average molecular weight is 320 g/mol. The predicted octanol–water partition coefficient (Wildman–Crippen LogP) is -4.70. The van der Waals surface area contributed by atoms with Crippen LogP contribution in [-0.2, 0) is 14.4 Å². The van der Waals surface area contributed by atoms with Crippen LogP contribution in [0.4, 0.5) is 0 Å². The number of aliphatic hydroxyl groups is 1. The third-order valence-electron chi connectivity index (χ3n) is 3.32. The van der Waals surface area contributed by atoms with Crippen LogP contribution in [0.25, 0.3) is 0 Å². The smallest absolute Gasteiger partial charge is 0.543 e. The maximum atomic E-state index is 11.9. The van der Waals surface area contributed by atoms with Crippen molar-refractivity contribution in [1.82, 2.24) is 4.90 Å². The molecule has 108 valence electrons. The van der Waals surface area contributed by atoms with Gasteiger partial charge in [0.05, 0.1) is 29.7 Å². The first kappa shape index (κ1) is 18.2. The Morgan fingerprint density at radius 2 is 2.19 bits per heavy atom. The van der Waals surface area contributed by atoms with Crippen molar-refractivity contribution in [3.8, 4) is 0 Å². The average Bonchev–Trinajstić information content (AvgIpc) is 2.63. The van der Waals surface area contributed by atoms with Gasteiger partial charge >= 0.3 is 29.6 Å². The molecule has 2 heterocycles. The van der Waals surface area contributed by atoms with E-state index in [0.717, 1.165) is 22.7 Å². The molecule has 2 rings (SSSR count). The molecule has 0 spiro atoms. The van der Waals surface area contributed by atoms with Gasteiger partial charge in [0.15, 0.2) is 0 Å². The van der Waals surface area contributed by atoms with Gasteiger partial charge in [-0.25, -0.2) is 0 Å².